The van der Waals surface area contributed by atoms with E-state index in [0.717, 1.165) is 0 Å². The van der Waals surface area contributed by atoms with E-state index in [1.165, 1.54) is 12.4 Å². The first-order valence-electron chi connectivity index (χ1n) is 4.40. The number of rotatable bonds is 2. The van der Waals surface area contributed by atoms with Gasteiger partial charge in [-0.2, -0.15) is 5.10 Å². The molecule has 0 unspecified atom stereocenters. The fourth-order valence-electron chi connectivity index (χ4n) is 1.11. The lowest BCUT2D eigenvalue weighted by atomic mass is 10.3. The summed E-state index contributed by atoms with van der Waals surface area (Å²) < 4.78 is 0. The van der Waals surface area contributed by atoms with E-state index in [4.69, 9.17) is 34.8 Å². The fraction of sp³-hybridized carbons (Fsp3) is 0. The Balaban J connectivity index is 2.29. The highest BCUT2D eigenvalue weighted by molar-refractivity contribution is 6.49. The molecule has 2 aromatic rings. The van der Waals surface area contributed by atoms with E-state index in [0.29, 0.717) is 5.82 Å². The summed E-state index contributed by atoms with van der Waals surface area (Å²) in [4.78, 5) is 15.6. The van der Waals surface area contributed by atoms with Gasteiger partial charge in [0.1, 0.15) is 11.5 Å². The Kier molecular flexibility index (Phi) is 3.51. The van der Waals surface area contributed by atoms with Crippen LogP contribution in [0.1, 0.15) is 10.5 Å². The molecular weight excluding hydrogens is 286 g/mol. The van der Waals surface area contributed by atoms with Gasteiger partial charge in [0.2, 0.25) is 0 Å². The monoisotopic (exact) mass is 290 g/mol. The first-order chi connectivity index (χ1) is 8.09. The fourth-order valence-corrected chi connectivity index (χ4v) is 1.68. The van der Waals surface area contributed by atoms with Gasteiger partial charge >= 0.3 is 0 Å². The Morgan fingerprint density at radius 2 is 2.06 bits per heavy atom. The predicted octanol–water partition coefficient (Wildman–Crippen LogP) is 3.02. The number of nitrogens with zero attached hydrogens (tertiary/aromatic N) is 2. The SMILES string of the molecule is O=C(Nc1ccn[nH]1)c1ncc(Cl)c(Cl)c1Cl. The average Bonchev–Trinajstić information content (AvgIpc) is 2.78. The van der Waals surface area contributed by atoms with Crippen LogP contribution in [0.3, 0.4) is 0 Å². The number of halogens is 3. The van der Waals surface area contributed by atoms with Gasteiger partial charge < -0.3 is 5.32 Å². The van der Waals surface area contributed by atoms with Crippen molar-refractivity contribution in [2.24, 2.45) is 0 Å². The minimum Gasteiger partial charge on any atom is -0.306 e. The molecule has 0 fully saturated rings. The van der Waals surface area contributed by atoms with E-state index in [2.05, 4.69) is 20.5 Å². The Bertz CT molecular complexity index is 556. The number of aromatic amines is 1. The zero-order chi connectivity index (χ0) is 12.4. The van der Waals surface area contributed by atoms with Crippen LogP contribution in [0.4, 0.5) is 5.82 Å². The highest BCUT2D eigenvalue weighted by atomic mass is 35.5. The van der Waals surface area contributed by atoms with Gasteiger partial charge in [0.15, 0.2) is 0 Å². The van der Waals surface area contributed by atoms with Crippen molar-refractivity contribution in [3.05, 3.63) is 39.2 Å². The summed E-state index contributed by atoms with van der Waals surface area (Å²) in [5.41, 5.74) is -0.00401. The second-order valence-electron chi connectivity index (χ2n) is 3.01. The zero-order valence-corrected chi connectivity index (χ0v) is 10.4. The second-order valence-corrected chi connectivity index (χ2v) is 4.17. The molecule has 0 aliphatic heterocycles. The standard InChI is InChI=1S/C9H5Cl3N4O/c10-4-3-13-8(7(12)6(4)11)9(17)15-5-1-2-14-16-5/h1-3H,(H2,14,15,16,17). The van der Waals surface area contributed by atoms with E-state index < -0.39 is 5.91 Å². The number of anilines is 1. The Hall–Kier alpha value is -1.30. The molecule has 17 heavy (non-hydrogen) atoms. The smallest absolute Gasteiger partial charge is 0.277 e. The summed E-state index contributed by atoms with van der Waals surface area (Å²) in [6.07, 6.45) is 2.76. The van der Waals surface area contributed by atoms with Crippen LogP contribution in [0.25, 0.3) is 0 Å². The van der Waals surface area contributed by atoms with Crippen molar-refractivity contribution >= 4 is 46.5 Å². The van der Waals surface area contributed by atoms with Crippen molar-refractivity contribution in [3.8, 4) is 0 Å². The number of aromatic nitrogens is 3. The maximum absolute atomic E-state index is 11.8. The van der Waals surface area contributed by atoms with Gasteiger partial charge in [-0.15, -0.1) is 0 Å². The lowest BCUT2D eigenvalue weighted by molar-refractivity contribution is 0.102. The normalized spacial score (nSPS) is 10.3. The molecule has 5 nitrogen and oxygen atoms in total. The zero-order valence-electron chi connectivity index (χ0n) is 8.17. The minimum atomic E-state index is -0.502. The number of pyridine rings is 1. The molecular formula is C9H5Cl3N4O. The Morgan fingerprint density at radius 1 is 1.29 bits per heavy atom. The van der Waals surface area contributed by atoms with Crippen molar-refractivity contribution < 1.29 is 4.79 Å². The summed E-state index contributed by atoms with van der Waals surface area (Å²) >= 11 is 17.4. The van der Waals surface area contributed by atoms with E-state index in [9.17, 15) is 4.79 Å². The molecule has 2 heterocycles. The predicted molar refractivity (Wildman–Crippen MR) is 65.8 cm³/mol. The van der Waals surface area contributed by atoms with Crippen LogP contribution in [-0.2, 0) is 0 Å². The van der Waals surface area contributed by atoms with E-state index in [1.807, 2.05) is 0 Å². The number of nitrogens with one attached hydrogen (secondary N) is 2. The lowest BCUT2D eigenvalue weighted by Gasteiger charge is -2.05. The van der Waals surface area contributed by atoms with E-state index >= 15 is 0 Å². The van der Waals surface area contributed by atoms with Crippen LogP contribution in [0, 0.1) is 0 Å². The van der Waals surface area contributed by atoms with E-state index in [1.54, 1.807) is 6.07 Å². The molecule has 2 rings (SSSR count). The van der Waals surface area contributed by atoms with Crippen molar-refractivity contribution in [2.45, 2.75) is 0 Å². The number of hydrogen-bond acceptors (Lipinski definition) is 3. The van der Waals surface area contributed by atoms with Crippen LogP contribution in [0.15, 0.2) is 18.5 Å². The van der Waals surface area contributed by atoms with Crippen LogP contribution >= 0.6 is 34.8 Å². The van der Waals surface area contributed by atoms with Crippen molar-refractivity contribution in [1.82, 2.24) is 15.2 Å². The molecule has 0 aromatic carbocycles. The third-order valence-electron chi connectivity index (χ3n) is 1.88. The van der Waals surface area contributed by atoms with Crippen LogP contribution in [-0.4, -0.2) is 21.1 Å². The molecule has 2 N–H and O–H groups in total. The highest BCUT2D eigenvalue weighted by Gasteiger charge is 2.17. The molecule has 0 aliphatic rings. The molecule has 1 amide bonds. The first-order valence-corrected chi connectivity index (χ1v) is 5.53. The molecule has 0 saturated carbocycles. The molecule has 8 heteroatoms. The van der Waals surface area contributed by atoms with Gasteiger partial charge in [0, 0.05) is 12.3 Å². The van der Waals surface area contributed by atoms with Gasteiger partial charge in [-0.1, -0.05) is 34.8 Å². The Labute approximate surface area is 111 Å². The number of amides is 1. The average molecular weight is 292 g/mol. The lowest BCUT2D eigenvalue weighted by Crippen LogP contribution is -2.14. The van der Waals surface area contributed by atoms with Gasteiger partial charge in [0.25, 0.3) is 5.91 Å². The summed E-state index contributed by atoms with van der Waals surface area (Å²) in [5.74, 6) is -0.0724. The summed E-state index contributed by atoms with van der Waals surface area (Å²) in [6.45, 7) is 0. The minimum absolute atomic E-state index is 0.00401. The van der Waals surface area contributed by atoms with Gasteiger partial charge in [0.05, 0.1) is 21.3 Å². The summed E-state index contributed by atoms with van der Waals surface area (Å²) in [5, 5.41) is 9.07. The number of hydrogen-bond donors (Lipinski definition) is 2. The molecule has 2 aromatic heterocycles. The summed E-state index contributed by atoms with van der Waals surface area (Å²) in [7, 11) is 0. The van der Waals surface area contributed by atoms with E-state index in [-0.39, 0.29) is 20.8 Å². The molecule has 88 valence electrons. The highest BCUT2D eigenvalue weighted by Crippen LogP contribution is 2.31. The quantitative estimate of drug-likeness (QED) is 0.893. The van der Waals surface area contributed by atoms with Crippen molar-refractivity contribution in [2.75, 3.05) is 5.32 Å². The third-order valence-corrected chi connectivity index (χ3v) is 3.12. The molecule has 0 spiro atoms. The van der Waals surface area contributed by atoms with Gasteiger partial charge in [-0.05, 0) is 0 Å². The van der Waals surface area contributed by atoms with Crippen molar-refractivity contribution in [1.29, 1.82) is 0 Å². The molecule has 0 aliphatic carbocycles. The van der Waals surface area contributed by atoms with Crippen LogP contribution in [0.2, 0.25) is 15.1 Å². The van der Waals surface area contributed by atoms with Crippen molar-refractivity contribution in [3.63, 3.8) is 0 Å². The first kappa shape index (κ1) is 12.2. The largest absolute Gasteiger partial charge is 0.306 e. The Morgan fingerprint density at radius 3 is 2.71 bits per heavy atom. The maximum Gasteiger partial charge on any atom is 0.277 e. The van der Waals surface area contributed by atoms with Gasteiger partial charge in [-0.3, -0.25) is 9.89 Å². The molecule has 0 radical (unpaired) electrons. The molecule has 0 atom stereocenters. The number of H-pyrrole nitrogens is 1. The second kappa shape index (κ2) is 4.91. The molecule has 0 bridgehead atoms. The van der Waals surface area contributed by atoms with Gasteiger partial charge in [-0.25, -0.2) is 4.98 Å². The number of carbonyl (C=O) groups excluding carboxylic acids is 1. The van der Waals surface area contributed by atoms with Crippen LogP contribution in [0.5, 0.6) is 0 Å². The maximum atomic E-state index is 11.8. The van der Waals surface area contributed by atoms with Crippen LogP contribution < -0.4 is 5.32 Å². The third kappa shape index (κ3) is 2.52. The summed E-state index contributed by atoms with van der Waals surface area (Å²) in [6, 6.07) is 1.59. The number of carbonyl (C=O) groups is 1. The molecule has 0 saturated heterocycles. The topological polar surface area (TPSA) is 70.7 Å².